The fraction of sp³-hybridized carbons (Fsp3) is 0.429. The van der Waals surface area contributed by atoms with Crippen molar-refractivity contribution in [1.29, 1.82) is 5.26 Å². The van der Waals surface area contributed by atoms with Crippen molar-refractivity contribution < 1.29 is 4.42 Å². The van der Waals surface area contributed by atoms with Crippen LogP contribution in [0.15, 0.2) is 17.0 Å². The molecule has 0 saturated heterocycles. The minimum Gasteiger partial charge on any atom is -0.447 e. The van der Waals surface area contributed by atoms with Gasteiger partial charge in [-0.2, -0.15) is 5.26 Å². The van der Waals surface area contributed by atoms with Gasteiger partial charge in [-0.1, -0.05) is 0 Å². The van der Waals surface area contributed by atoms with Crippen LogP contribution in [0.5, 0.6) is 0 Å². The van der Waals surface area contributed by atoms with Gasteiger partial charge in [0.2, 0.25) is 0 Å². The van der Waals surface area contributed by atoms with Gasteiger partial charge >= 0.3 is 0 Å². The van der Waals surface area contributed by atoms with Crippen molar-refractivity contribution >= 4 is 0 Å². The Morgan fingerprint density at radius 2 is 2.50 bits per heavy atom. The lowest BCUT2D eigenvalue weighted by Crippen LogP contribution is -1.99. The van der Waals surface area contributed by atoms with Crippen molar-refractivity contribution in [2.24, 2.45) is 0 Å². The van der Waals surface area contributed by atoms with E-state index in [1.165, 1.54) is 6.39 Å². The summed E-state index contributed by atoms with van der Waals surface area (Å²) in [5.41, 5.74) is -0.309. The lowest BCUT2D eigenvalue weighted by atomic mass is 10.1. The van der Waals surface area contributed by atoms with Gasteiger partial charge in [0.15, 0.2) is 6.39 Å². The SMILES string of the molecule is N#CC1(c2cnco2)CC1. The van der Waals surface area contributed by atoms with E-state index in [1.54, 1.807) is 6.20 Å². The first-order valence-electron chi connectivity index (χ1n) is 3.18. The normalized spacial score (nSPS) is 19.9. The second kappa shape index (κ2) is 1.60. The Balaban J connectivity index is 2.38. The lowest BCUT2D eigenvalue weighted by molar-refractivity contribution is 0.482. The molecule has 10 heavy (non-hydrogen) atoms. The Morgan fingerprint density at radius 1 is 1.70 bits per heavy atom. The summed E-state index contributed by atoms with van der Waals surface area (Å²) in [4.78, 5) is 3.76. The van der Waals surface area contributed by atoms with Crippen molar-refractivity contribution in [3.63, 3.8) is 0 Å². The first-order valence-corrected chi connectivity index (χ1v) is 3.18. The van der Waals surface area contributed by atoms with Crippen molar-refractivity contribution in [2.45, 2.75) is 18.3 Å². The van der Waals surface area contributed by atoms with Gasteiger partial charge in [0, 0.05) is 0 Å². The molecule has 3 nitrogen and oxygen atoms in total. The number of nitriles is 1. The smallest absolute Gasteiger partial charge is 0.180 e. The Morgan fingerprint density at radius 3 is 2.90 bits per heavy atom. The quantitative estimate of drug-likeness (QED) is 0.580. The maximum absolute atomic E-state index is 8.69. The third kappa shape index (κ3) is 0.561. The molecule has 1 heterocycles. The topological polar surface area (TPSA) is 49.8 Å². The highest BCUT2D eigenvalue weighted by Gasteiger charge is 2.47. The molecule has 0 unspecified atom stereocenters. The lowest BCUT2D eigenvalue weighted by Gasteiger charge is -1.95. The molecule has 0 bridgehead atoms. The second-order valence-electron chi connectivity index (χ2n) is 2.56. The van der Waals surface area contributed by atoms with Crippen molar-refractivity contribution in [1.82, 2.24) is 4.98 Å². The summed E-state index contributed by atoms with van der Waals surface area (Å²) in [6, 6.07) is 2.22. The predicted octanol–water partition coefficient (Wildman–Crippen LogP) is 1.23. The molecule has 0 aromatic carbocycles. The van der Waals surface area contributed by atoms with E-state index in [-0.39, 0.29) is 5.41 Å². The fourth-order valence-corrected chi connectivity index (χ4v) is 0.990. The van der Waals surface area contributed by atoms with Crippen LogP contribution in [0.2, 0.25) is 0 Å². The molecule has 0 radical (unpaired) electrons. The van der Waals surface area contributed by atoms with E-state index in [0.29, 0.717) is 0 Å². The van der Waals surface area contributed by atoms with Crippen LogP contribution in [0, 0.1) is 11.3 Å². The third-order valence-corrected chi connectivity index (χ3v) is 1.87. The molecule has 0 amide bonds. The van der Waals surface area contributed by atoms with E-state index in [1.807, 2.05) is 0 Å². The van der Waals surface area contributed by atoms with E-state index in [4.69, 9.17) is 9.68 Å². The number of hydrogen-bond donors (Lipinski definition) is 0. The van der Waals surface area contributed by atoms with Gasteiger partial charge in [-0.25, -0.2) is 4.98 Å². The summed E-state index contributed by atoms with van der Waals surface area (Å²) in [6.45, 7) is 0. The van der Waals surface area contributed by atoms with Gasteiger partial charge in [-0.15, -0.1) is 0 Å². The number of oxazole rings is 1. The van der Waals surface area contributed by atoms with Crippen molar-refractivity contribution in [3.05, 3.63) is 18.4 Å². The molecule has 1 aliphatic carbocycles. The van der Waals surface area contributed by atoms with Crippen LogP contribution < -0.4 is 0 Å². The standard InChI is InChI=1S/C7H6N2O/c8-4-7(1-2-7)6-3-9-5-10-6/h3,5H,1-2H2. The molecule has 3 heteroatoms. The van der Waals surface area contributed by atoms with Gasteiger partial charge in [-0.3, -0.25) is 0 Å². The molecule has 50 valence electrons. The molecular formula is C7H6N2O. The van der Waals surface area contributed by atoms with Gasteiger partial charge < -0.3 is 4.42 Å². The maximum atomic E-state index is 8.69. The number of hydrogen-bond acceptors (Lipinski definition) is 3. The van der Waals surface area contributed by atoms with Crippen LogP contribution in [0.3, 0.4) is 0 Å². The highest BCUT2D eigenvalue weighted by molar-refractivity contribution is 5.30. The first kappa shape index (κ1) is 5.48. The maximum Gasteiger partial charge on any atom is 0.180 e. The zero-order chi connectivity index (χ0) is 7.03. The number of rotatable bonds is 1. The van der Waals surface area contributed by atoms with E-state index in [2.05, 4.69) is 11.1 Å². The third-order valence-electron chi connectivity index (χ3n) is 1.87. The van der Waals surface area contributed by atoms with Crippen LogP contribution in [0.1, 0.15) is 18.6 Å². The van der Waals surface area contributed by atoms with E-state index in [9.17, 15) is 0 Å². The predicted molar refractivity (Wildman–Crippen MR) is 33.0 cm³/mol. The van der Waals surface area contributed by atoms with Crippen LogP contribution in [-0.2, 0) is 5.41 Å². The van der Waals surface area contributed by atoms with Crippen LogP contribution in [0.25, 0.3) is 0 Å². The molecular weight excluding hydrogens is 128 g/mol. The molecule has 0 N–H and O–H groups in total. The summed E-state index contributed by atoms with van der Waals surface area (Å²) in [5, 5.41) is 8.69. The highest BCUT2D eigenvalue weighted by atomic mass is 16.3. The Bertz CT molecular complexity index is 266. The molecule has 1 aromatic rings. The van der Waals surface area contributed by atoms with Gasteiger partial charge in [0.25, 0.3) is 0 Å². The van der Waals surface area contributed by atoms with E-state index < -0.39 is 0 Å². The summed E-state index contributed by atoms with van der Waals surface area (Å²) in [7, 11) is 0. The molecule has 2 rings (SSSR count). The summed E-state index contributed by atoms with van der Waals surface area (Å²) >= 11 is 0. The van der Waals surface area contributed by atoms with Gasteiger partial charge in [-0.05, 0) is 12.8 Å². The Hall–Kier alpha value is -1.30. The largest absolute Gasteiger partial charge is 0.447 e. The molecule has 1 aliphatic rings. The molecule has 0 aliphatic heterocycles. The number of nitrogens with zero attached hydrogens (tertiary/aromatic N) is 2. The molecule has 0 spiro atoms. The summed E-state index contributed by atoms with van der Waals surface area (Å²) < 4.78 is 5.02. The van der Waals surface area contributed by atoms with E-state index >= 15 is 0 Å². The van der Waals surface area contributed by atoms with Crippen molar-refractivity contribution in [2.75, 3.05) is 0 Å². The minimum atomic E-state index is -0.309. The summed E-state index contributed by atoms with van der Waals surface area (Å²) in [6.07, 6.45) is 4.82. The highest BCUT2D eigenvalue weighted by Crippen LogP contribution is 2.47. The zero-order valence-corrected chi connectivity index (χ0v) is 5.37. The van der Waals surface area contributed by atoms with E-state index in [0.717, 1.165) is 18.6 Å². The van der Waals surface area contributed by atoms with Crippen molar-refractivity contribution in [3.8, 4) is 6.07 Å². The molecule has 1 fully saturated rings. The molecule has 1 saturated carbocycles. The average Bonchev–Trinajstić information content (AvgIpc) is 2.58. The van der Waals surface area contributed by atoms with Gasteiger partial charge in [0.1, 0.15) is 11.2 Å². The summed E-state index contributed by atoms with van der Waals surface area (Å²) in [5.74, 6) is 0.718. The number of aromatic nitrogens is 1. The van der Waals surface area contributed by atoms with Crippen LogP contribution in [-0.4, -0.2) is 4.98 Å². The average molecular weight is 134 g/mol. The molecule has 1 aromatic heterocycles. The first-order chi connectivity index (χ1) is 4.87. The fourth-order valence-electron chi connectivity index (χ4n) is 0.990. The van der Waals surface area contributed by atoms with Crippen LogP contribution >= 0.6 is 0 Å². The monoisotopic (exact) mass is 134 g/mol. The zero-order valence-electron chi connectivity index (χ0n) is 5.37. The second-order valence-corrected chi connectivity index (χ2v) is 2.56. The Kier molecular flexibility index (Phi) is 0.877. The Labute approximate surface area is 58.3 Å². The minimum absolute atomic E-state index is 0.309. The molecule has 0 atom stereocenters. The van der Waals surface area contributed by atoms with Crippen LogP contribution in [0.4, 0.5) is 0 Å². The van der Waals surface area contributed by atoms with Gasteiger partial charge in [0.05, 0.1) is 12.3 Å².